The highest BCUT2D eigenvalue weighted by molar-refractivity contribution is 9.10. The van der Waals surface area contributed by atoms with Gasteiger partial charge < -0.3 is 10.3 Å². The topological polar surface area (TPSA) is 43.8 Å². The Balaban J connectivity index is 2.06. The first-order chi connectivity index (χ1) is 8.52. The third kappa shape index (κ3) is 1.83. The molecule has 2 aromatic rings. The SMILES string of the molecule is CC(C)C1(Cn2c(N)nc3ccc(Br)cc32)CC1. The lowest BCUT2D eigenvalue weighted by Crippen LogP contribution is -2.18. The average molecular weight is 308 g/mol. The van der Waals surface area contributed by atoms with Gasteiger partial charge in [-0.15, -0.1) is 0 Å². The van der Waals surface area contributed by atoms with Crippen molar-refractivity contribution in [2.75, 3.05) is 5.73 Å². The average Bonchev–Trinajstić information content (AvgIpc) is 3.03. The molecule has 1 aliphatic rings. The lowest BCUT2D eigenvalue weighted by atomic mass is 9.92. The molecular formula is C14H18BrN3. The molecule has 3 nitrogen and oxygen atoms in total. The highest BCUT2D eigenvalue weighted by atomic mass is 79.9. The van der Waals surface area contributed by atoms with Gasteiger partial charge in [0.05, 0.1) is 11.0 Å². The predicted octanol–water partition coefficient (Wildman–Crippen LogP) is 3.82. The predicted molar refractivity (Wildman–Crippen MR) is 78.4 cm³/mol. The van der Waals surface area contributed by atoms with Crippen LogP contribution in [0.25, 0.3) is 11.0 Å². The monoisotopic (exact) mass is 307 g/mol. The molecule has 1 fully saturated rings. The maximum Gasteiger partial charge on any atom is 0.201 e. The van der Waals surface area contributed by atoms with Crippen LogP contribution in [0.1, 0.15) is 26.7 Å². The molecule has 0 atom stereocenters. The molecule has 0 amide bonds. The molecule has 1 heterocycles. The van der Waals surface area contributed by atoms with E-state index < -0.39 is 0 Å². The molecule has 3 rings (SSSR count). The van der Waals surface area contributed by atoms with E-state index in [0.29, 0.717) is 17.3 Å². The van der Waals surface area contributed by atoms with Crippen LogP contribution in [0.2, 0.25) is 0 Å². The molecule has 1 aliphatic carbocycles. The van der Waals surface area contributed by atoms with Crippen LogP contribution in [-0.4, -0.2) is 9.55 Å². The summed E-state index contributed by atoms with van der Waals surface area (Å²) in [5, 5.41) is 0. The minimum atomic E-state index is 0.435. The van der Waals surface area contributed by atoms with Gasteiger partial charge in [-0.1, -0.05) is 29.8 Å². The van der Waals surface area contributed by atoms with Crippen molar-refractivity contribution >= 4 is 32.9 Å². The van der Waals surface area contributed by atoms with Crippen LogP contribution in [0.15, 0.2) is 22.7 Å². The summed E-state index contributed by atoms with van der Waals surface area (Å²) < 4.78 is 3.25. The van der Waals surface area contributed by atoms with Gasteiger partial charge in [0.1, 0.15) is 0 Å². The van der Waals surface area contributed by atoms with E-state index >= 15 is 0 Å². The lowest BCUT2D eigenvalue weighted by molar-refractivity contribution is 0.314. The van der Waals surface area contributed by atoms with Crippen LogP contribution in [0, 0.1) is 11.3 Å². The fourth-order valence-electron chi connectivity index (χ4n) is 2.67. The van der Waals surface area contributed by atoms with E-state index in [2.05, 4.69) is 45.4 Å². The van der Waals surface area contributed by atoms with Crippen molar-refractivity contribution in [3.05, 3.63) is 22.7 Å². The number of benzene rings is 1. The molecule has 0 radical (unpaired) electrons. The normalized spacial score (nSPS) is 17.6. The molecule has 2 N–H and O–H groups in total. The van der Waals surface area contributed by atoms with Crippen LogP contribution < -0.4 is 5.73 Å². The summed E-state index contributed by atoms with van der Waals surface area (Å²) >= 11 is 3.52. The van der Waals surface area contributed by atoms with Gasteiger partial charge in [-0.05, 0) is 42.4 Å². The highest BCUT2D eigenvalue weighted by Crippen LogP contribution is 2.53. The van der Waals surface area contributed by atoms with E-state index in [9.17, 15) is 0 Å². The Bertz CT molecular complexity index is 596. The van der Waals surface area contributed by atoms with E-state index in [4.69, 9.17) is 5.73 Å². The van der Waals surface area contributed by atoms with Gasteiger partial charge in [0.25, 0.3) is 0 Å². The number of nitrogens with two attached hydrogens (primary N) is 1. The first-order valence-corrected chi connectivity index (χ1v) is 7.22. The zero-order chi connectivity index (χ0) is 12.9. The molecule has 96 valence electrons. The summed E-state index contributed by atoms with van der Waals surface area (Å²) in [6.45, 7) is 5.60. The van der Waals surface area contributed by atoms with E-state index in [1.54, 1.807) is 0 Å². The van der Waals surface area contributed by atoms with E-state index in [1.165, 1.54) is 12.8 Å². The van der Waals surface area contributed by atoms with Crippen LogP contribution in [0.4, 0.5) is 5.95 Å². The van der Waals surface area contributed by atoms with Crippen molar-refractivity contribution < 1.29 is 0 Å². The van der Waals surface area contributed by atoms with Crippen molar-refractivity contribution in [1.29, 1.82) is 0 Å². The van der Waals surface area contributed by atoms with Crippen molar-refractivity contribution in [3.63, 3.8) is 0 Å². The third-order valence-corrected chi connectivity index (χ3v) is 4.82. The maximum atomic E-state index is 6.08. The second-order valence-electron chi connectivity index (χ2n) is 5.71. The molecule has 1 saturated carbocycles. The summed E-state index contributed by atoms with van der Waals surface area (Å²) in [5.41, 5.74) is 8.62. The van der Waals surface area contributed by atoms with Crippen LogP contribution in [0.3, 0.4) is 0 Å². The van der Waals surface area contributed by atoms with Crippen molar-refractivity contribution in [1.82, 2.24) is 9.55 Å². The number of halogens is 1. The van der Waals surface area contributed by atoms with Gasteiger partial charge in [0.15, 0.2) is 0 Å². The Hall–Kier alpha value is -1.03. The largest absolute Gasteiger partial charge is 0.369 e. The number of nitrogens with zero attached hydrogens (tertiary/aromatic N) is 2. The number of hydrogen-bond acceptors (Lipinski definition) is 2. The maximum absolute atomic E-state index is 6.08. The van der Waals surface area contributed by atoms with Crippen molar-refractivity contribution in [2.45, 2.75) is 33.2 Å². The van der Waals surface area contributed by atoms with Gasteiger partial charge >= 0.3 is 0 Å². The molecule has 4 heteroatoms. The summed E-state index contributed by atoms with van der Waals surface area (Å²) in [7, 11) is 0. The van der Waals surface area contributed by atoms with Crippen LogP contribution in [0.5, 0.6) is 0 Å². The van der Waals surface area contributed by atoms with Crippen molar-refractivity contribution in [3.8, 4) is 0 Å². The third-order valence-electron chi connectivity index (χ3n) is 4.33. The molecule has 0 aliphatic heterocycles. The molecule has 0 bridgehead atoms. The second-order valence-corrected chi connectivity index (χ2v) is 6.62. The molecular weight excluding hydrogens is 290 g/mol. The number of anilines is 1. The fraction of sp³-hybridized carbons (Fsp3) is 0.500. The quantitative estimate of drug-likeness (QED) is 0.937. The lowest BCUT2D eigenvalue weighted by Gasteiger charge is -2.21. The Morgan fingerprint density at radius 3 is 2.78 bits per heavy atom. The molecule has 0 saturated heterocycles. The Morgan fingerprint density at radius 2 is 2.17 bits per heavy atom. The Labute approximate surface area is 116 Å². The summed E-state index contributed by atoms with van der Waals surface area (Å²) in [6.07, 6.45) is 2.61. The molecule has 0 spiro atoms. The van der Waals surface area contributed by atoms with Gasteiger partial charge in [0, 0.05) is 11.0 Å². The summed E-state index contributed by atoms with van der Waals surface area (Å²) in [4.78, 5) is 4.45. The summed E-state index contributed by atoms with van der Waals surface area (Å²) in [5.74, 6) is 1.33. The molecule has 0 unspecified atom stereocenters. The molecule has 1 aromatic carbocycles. The molecule has 18 heavy (non-hydrogen) atoms. The van der Waals surface area contributed by atoms with E-state index in [-0.39, 0.29) is 0 Å². The number of fused-ring (bicyclic) bond motifs is 1. The van der Waals surface area contributed by atoms with Gasteiger partial charge in [-0.3, -0.25) is 0 Å². The van der Waals surface area contributed by atoms with E-state index in [0.717, 1.165) is 22.1 Å². The van der Waals surface area contributed by atoms with Gasteiger partial charge in [-0.2, -0.15) is 0 Å². The van der Waals surface area contributed by atoms with Gasteiger partial charge in [0.2, 0.25) is 5.95 Å². The first-order valence-electron chi connectivity index (χ1n) is 6.43. The Morgan fingerprint density at radius 1 is 1.44 bits per heavy atom. The standard InChI is InChI=1S/C14H18BrN3/c1-9(2)14(5-6-14)8-18-12-7-10(15)3-4-11(12)17-13(18)16/h3-4,7,9H,5-6,8H2,1-2H3,(H2,16,17). The zero-order valence-corrected chi connectivity index (χ0v) is 12.4. The number of nitrogen functional groups attached to an aromatic ring is 1. The fourth-order valence-corrected chi connectivity index (χ4v) is 3.02. The zero-order valence-electron chi connectivity index (χ0n) is 10.8. The highest BCUT2D eigenvalue weighted by Gasteiger charge is 2.45. The van der Waals surface area contributed by atoms with Crippen molar-refractivity contribution in [2.24, 2.45) is 11.3 Å². The van der Waals surface area contributed by atoms with E-state index in [1.807, 2.05) is 12.1 Å². The first kappa shape index (κ1) is 12.0. The minimum Gasteiger partial charge on any atom is -0.369 e. The number of hydrogen-bond donors (Lipinski definition) is 1. The smallest absolute Gasteiger partial charge is 0.201 e. The summed E-state index contributed by atoms with van der Waals surface area (Å²) in [6, 6.07) is 6.13. The van der Waals surface area contributed by atoms with Crippen LogP contribution >= 0.6 is 15.9 Å². The molecule has 1 aromatic heterocycles. The number of rotatable bonds is 3. The number of imidazole rings is 1. The Kier molecular flexibility index (Phi) is 2.66. The van der Waals surface area contributed by atoms with Gasteiger partial charge in [-0.25, -0.2) is 4.98 Å². The minimum absolute atomic E-state index is 0.435. The number of aromatic nitrogens is 2. The second kappa shape index (κ2) is 3.98. The van der Waals surface area contributed by atoms with Crippen LogP contribution in [-0.2, 0) is 6.54 Å².